The molecule has 1 aromatic heterocycles. The van der Waals surface area contributed by atoms with Crippen LogP contribution in [0.3, 0.4) is 0 Å². The highest BCUT2D eigenvalue weighted by atomic mass is 35.5. The molecule has 1 heterocycles. The molecule has 7 nitrogen and oxygen atoms in total. The summed E-state index contributed by atoms with van der Waals surface area (Å²) >= 11 is 5.91. The van der Waals surface area contributed by atoms with Crippen LogP contribution in [0.1, 0.15) is 53.2 Å². The summed E-state index contributed by atoms with van der Waals surface area (Å²) in [4.78, 5) is 41.9. The van der Waals surface area contributed by atoms with Crippen molar-refractivity contribution in [2.24, 2.45) is 0 Å². The number of aromatic nitrogens is 2. The fraction of sp³-hybridized carbons (Fsp3) is 0.320. The molecular formula is C25H27ClN4O3. The summed E-state index contributed by atoms with van der Waals surface area (Å²) in [5.74, 6) is 0.0409. The topological polar surface area (TPSA) is 107 Å². The third-order valence-electron chi connectivity index (χ3n) is 6.13. The first-order chi connectivity index (χ1) is 16.0. The van der Waals surface area contributed by atoms with Gasteiger partial charge in [0.05, 0.1) is 0 Å². The minimum atomic E-state index is -0.707. The van der Waals surface area contributed by atoms with Crippen LogP contribution >= 0.6 is 11.6 Å². The van der Waals surface area contributed by atoms with Gasteiger partial charge in [-0.15, -0.1) is 0 Å². The van der Waals surface area contributed by atoms with Gasteiger partial charge in [-0.1, -0.05) is 54.1 Å². The molecule has 1 amide bonds. The summed E-state index contributed by atoms with van der Waals surface area (Å²) in [5.41, 5.74) is 1.07. The van der Waals surface area contributed by atoms with Crippen LogP contribution in [0.25, 0.3) is 0 Å². The molecule has 0 spiro atoms. The number of rotatable bonds is 7. The van der Waals surface area contributed by atoms with Gasteiger partial charge >= 0.3 is 5.69 Å². The van der Waals surface area contributed by atoms with Crippen molar-refractivity contribution in [3.05, 3.63) is 97.3 Å². The third-order valence-corrected chi connectivity index (χ3v) is 6.38. The van der Waals surface area contributed by atoms with Gasteiger partial charge in [0.25, 0.3) is 11.5 Å². The summed E-state index contributed by atoms with van der Waals surface area (Å²) in [6.45, 7) is 0.416. The van der Waals surface area contributed by atoms with Crippen LogP contribution in [-0.2, 0) is 6.42 Å². The minimum absolute atomic E-state index is 0.00201. The second-order valence-corrected chi connectivity index (χ2v) is 8.83. The molecule has 0 radical (unpaired) electrons. The molecule has 8 heteroatoms. The Morgan fingerprint density at radius 3 is 2.33 bits per heavy atom. The highest BCUT2D eigenvalue weighted by Gasteiger charge is 2.25. The maximum Gasteiger partial charge on any atom is 0.326 e. The van der Waals surface area contributed by atoms with Crippen molar-refractivity contribution in [1.82, 2.24) is 15.3 Å². The maximum atomic E-state index is 13.0. The van der Waals surface area contributed by atoms with Crippen molar-refractivity contribution in [2.45, 2.75) is 44.1 Å². The second-order valence-electron chi connectivity index (χ2n) is 8.39. The Hall–Kier alpha value is -3.32. The highest BCUT2D eigenvalue weighted by Crippen LogP contribution is 2.32. The molecule has 1 fully saturated rings. The van der Waals surface area contributed by atoms with E-state index in [0.29, 0.717) is 23.9 Å². The quantitative estimate of drug-likeness (QED) is 0.424. The molecule has 0 aliphatic heterocycles. The molecule has 1 saturated carbocycles. The molecule has 1 aliphatic carbocycles. The molecule has 2 aromatic carbocycles. The summed E-state index contributed by atoms with van der Waals surface area (Å²) < 4.78 is 0. The van der Waals surface area contributed by atoms with E-state index in [4.69, 9.17) is 11.6 Å². The standard InChI is InChI=1S/C25H27ClN4O3/c26-19-10-6-16(7-11-19)14-15-27-21-22(29-25(33)30-23(21)31)24(32)28-20-12-8-18(9-13-20)17-4-2-1-3-5-17/h1-7,10-11,18,20,27H,8-9,12-15H2,(H,28,32)(H2,29,30,31,33)/t18-,20+. The van der Waals surface area contributed by atoms with E-state index in [2.05, 4.69) is 32.7 Å². The Bertz CT molecular complexity index is 1200. The fourth-order valence-electron chi connectivity index (χ4n) is 4.36. The van der Waals surface area contributed by atoms with Crippen molar-refractivity contribution < 1.29 is 4.79 Å². The molecule has 4 N–H and O–H groups in total. The monoisotopic (exact) mass is 466 g/mol. The van der Waals surface area contributed by atoms with Crippen molar-refractivity contribution in [3.63, 3.8) is 0 Å². The Balaban J connectivity index is 1.39. The lowest BCUT2D eigenvalue weighted by atomic mass is 9.82. The predicted octanol–water partition coefficient (Wildman–Crippen LogP) is 3.83. The first kappa shape index (κ1) is 22.9. The van der Waals surface area contributed by atoms with Crippen LogP contribution < -0.4 is 21.9 Å². The largest absolute Gasteiger partial charge is 0.378 e. The summed E-state index contributed by atoms with van der Waals surface area (Å²) in [5, 5.41) is 6.66. The van der Waals surface area contributed by atoms with Crippen molar-refractivity contribution in [3.8, 4) is 0 Å². The lowest BCUT2D eigenvalue weighted by Gasteiger charge is -2.29. The molecule has 172 valence electrons. The van der Waals surface area contributed by atoms with E-state index >= 15 is 0 Å². The number of H-pyrrole nitrogens is 2. The van der Waals surface area contributed by atoms with E-state index in [1.54, 1.807) is 12.1 Å². The number of halogens is 1. The van der Waals surface area contributed by atoms with Gasteiger partial charge in [-0.05, 0) is 61.3 Å². The first-order valence-electron chi connectivity index (χ1n) is 11.2. The number of hydrogen-bond donors (Lipinski definition) is 4. The number of carbonyl (C=O) groups excluding carboxylic acids is 1. The van der Waals surface area contributed by atoms with Gasteiger partial charge in [0, 0.05) is 17.6 Å². The zero-order valence-corrected chi connectivity index (χ0v) is 19.0. The van der Waals surface area contributed by atoms with Gasteiger partial charge in [0.2, 0.25) is 0 Å². The van der Waals surface area contributed by atoms with Crippen LogP contribution in [0.15, 0.2) is 64.2 Å². The fourth-order valence-corrected chi connectivity index (χ4v) is 4.49. The molecule has 4 rings (SSSR count). The average molecular weight is 467 g/mol. The molecular weight excluding hydrogens is 440 g/mol. The van der Waals surface area contributed by atoms with Crippen molar-refractivity contribution >= 4 is 23.2 Å². The predicted molar refractivity (Wildman–Crippen MR) is 130 cm³/mol. The molecule has 0 saturated heterocycles. The highest BCUT2D eigenvalue weighted by molar-refractivity contribution is 6.30. The van der Waals surface area contributed by atoms with Crippen LogP contribution in [0.5, 0.6) is 0 Å². The zero-order valence-electron chi connectivity index (χ0n) is 18.2. The SMILES string of the molecule is O=C(N[C@H]1CC[C@@H](c2ccccc2)CC1)c1[nH]c(=O)[nH]c(=O)c1NCCc1ccc(Cl)cc1. The van der Waals surface area contributed by atoms with Crippen LogP contribution in [0, 0.1) is 0 Å². The second kappa shape index (κ2) is 10.5. The Morgan fingerprint density at radius 2 is 1.64 bits per heavy atom. The number of amides is 1. The van der Waals surface area contributed by atoms with E-state index in [1.165, 1.54) is 5.56 Å². The zero-order chi connectivity index (χ0) is 23.2. The summed E-state index contributed by atoms with van der Waals surface area (Å²) in [7, 11) is 0. The van der Waals surface area contributed by atoms with Crippen molar-refractivity contribution in [1.29, 1.82) is 0 Å². The number of nitrogens with one attached hydrogen (secondary N) is 4. The lowest BCUT2D eigenvalue weighted by molar-refractivity contribution is 0.0921. The average Bonchev–Trinajstić information content (AvgIpc) is 2.82. The Kier molecular flexibility index (Phi) is 7.29. The molecule has 0 bridgehead atoms. The number of aromatic amines is 2. The van der Waals surface area contributed by atoms with Crippen LogP contribution in [0.4, 0.5) is 5.69 Å². The van der Waals surface area contributed by atoms with E-state index in [1.807, 2.05) is 30.3 Å². The van der Waals surface area contributed by atoms with E-state index in [9.17, 15) is 14.4 Å². The Labute approximate surface area is 196 Å². The molecule has 0 atom stereocenters. The third kappa shape index (κ3) is 5.93. The van der Waals surface area contributed by atoms with Crippen molar-refractivity contribution in [2.75, 3.05) is 11.9 Å². The number of hydrogen-bond acceptors (Lipinski definition) is 4. The normalized spacial score (nSPS) is 18.0. The first-order valence-corrected chi connectivity index (χ1v) is 11.6. The van der Waals surface area contributed by atoms with Gasteiger partial charge in [0.1, 0.15) is 11.4 Å². The Morgan fingerprint density at radius 1 is 0.939 bits per heavy atom. The molecule has 1 aliphatic rings. The molecule has 0 unspecified atom stereocenters. The van der Waals surface area contributed by atoms with Gasteiger partial charge in [0.15, 0.2) is 0 Å². The van der Waals surface area contributed by atoms with E-state index < -0.39 is 17.2 Å². The molecule has 33 heavy (non-hydrogen) atoms. The number of anilines is 1. The van der Waals surface area contributed by atoms with E-state index in [0.717, 1.165) is 31.2 Å². The number of carbonyl (C=O) groups is 1. The van der Waals surface area contributed by atoms with Gasteiger partial charge in [-0.25, -0.2) is 4.79 Å². The van der Waals surface area contributed by atoms with Gasteiger partial charge in [-0.3, -0.25) is 14.6 Å². The summed E-state index contributed by atoms with van der Waals surface area (Å²) in [6, 6.07) is 17.8. The van der Waals surface area contributed by atoms with Gasteiger partial charge in [-0.2, -0.15) is 0 Å². The van der Waals surface area contributed by atoms with Crippen LogP contribution in [0.2, 0.25) is 5.02 Å². The van der Waals surface area contributed by atoms with Gasteiger partial charge < -0.3 is 15.6 Å². The van der Waals surface area contributed by atoms with Crippen LogP contribution in [-0.4, -0.2) is 28.5 Å². The maximum absolute atomic E-state index is 13.0. The van der Waals surface area contributed by atoms with E-state index in [-0.39, 0.29) is 17.4 Å². The molecule has 3 aromatic rings. The summed E-state index contributed by atoms with van der Waals surface area (Å²) in [6.07, 6.45) is 4.27. The smallest absolute Gasteiger partial charge is 0.326 e. The number of benzene rings is 2. The minimum Gasteiger partial charge on any atom is -0.378 e. The lowest BCUT2D eigenvalue weighted by Crippen LogP contribution is -2.40.